The second kappa shape index (κ2) is 5.18. The van der Waals surface area contributed by atoms with Gasteiger partial charge >= 0.3 is 0 Å². The van der Waals surface area contributed by atoms with Gasteiger partial charge in [0, 0.05) is 11.0 Å². The Labute approximate surface area is 108 Å². The van der Waals surface area contributed by atoms with Crippen LogP contribution < -0.4 is 10.5 Å². The van der Waals surface area contributed by atoms with Gasteiger partial charge in [0.1, 0.15) is 18.7 Å². The molecule has 0 radical (unpaired) electrons. The van der Waals surface area contributed by atoms with Crippen LogP contribution in [-0.4, -0.2) is 14.8 Å². The normalized spacial score (nSPS) is 10.5. The van der Waals surface area contributed by atoms with Gasteiger partial charge in [-0.2, -0.15) is 5.10 Å². The van der Waals surface area contributed by atoms with Crippen molar-refractivity contribution in [3.8, 4) is 5.75 Å². The molecule has 2 rings (SSSR count). The highest BCUT2D eigenvalue weighted by Crippen LogP contribution is 2.25. The smallest absolute Gasteiger partial charge is 0.164 e. The van der Waals surface area contributed by atoms with Gasteiger partial charge in [-0.3, -0.25) is 0 Å². The van der Waals surface area contributed by atoms with Gasteiger partial charge in [-0.05, 0) is 25.1 Å². The zero-order valence-corrected chi connectivity index (χ0v) is 11.0. The van der Waals surface area contributed by atoms with E-state index in [-0.39, 0.29) is 0 Å². The van der Waals surface area contributed by atoms with Gasteiger partial charge in [0.05, 0.1) is 5.69 Å². The number of ether oxygens (including phenoxy) is 1. The second-order valence-electron chi connectivity index (χ2n) is 3.46. The van der Waals surface area contributed by atoms with Crippen LogP contribution in [0.1, 0.15) is 12.7 Å². The summed E-state index contributed by atoms with van der Waals surface area (Å²) in [5, 5.41) is 4.07. The molecule has 0 atom stereocenters. The Hall–Kier alpha value is -1.56. The fourth-order valence-corrected chi connectivity index (χ4v) is 1.84. The summed E-state index contributed by atoms with van der Waals surface area (Å²) < 4.78 is 8.33. The Bertz CT molecular complexity index is 512. The third-order valence-electron chi connectivity index (χ3n) is 2.32. The van der Waals surface area contributed by atoms with Crippen molar-refractivity contribution < 1.29 is 4.74 Å². The Morgan fingerprint density at radius 1 is 1.47 bits per heavy atom. The zero-order valence-electron chi connectivity index (χ0n) is 9.43. The summed E-state index contributed by atoms with van der Waals surface area (Å²) in [6, 6.07) is 5.52. The molecule has 1 heterocycles. The van der Waals surface area contributed by atoms with Crippen LogP contribution in [0, 0.1) is 0 Å². The Morgan fingerprint density at radius 3 is 3.00 bits per heavy atom. The van der Waals surface area contributed by atoms with Crippen molar-refractivity contribution in [3.63, 3.8) is 0 Å². The SMILES string of the molecule is CCn1ncnc1COc1ccc(Br)cc1N. The number of benzene rings is 1. The van der Waals surface area contributed by atoms with Gasteiger partial charge in [-0.15, -0.1) is 0 Å². The molecule has 6 heteroatoms. The molecule has 0 saturated carbocycles. The minimum Gasteiger partial charge on any atom is -0.483 e. The molecule has 0 spiro atoms. The highest BCUT2D eigenvalue weighted by Gasteiger charge is 2.05. The molecular formula is C11H13BrN4O. The molecule has 0 aliphatic heterocycles. The average molecular weight is 297 g/mol. The first-order chi connectivity index (χ1) is 8.20. The summed E-state index contributed by atoms with van der Waals surface area (Å²) >= 11 is 3.35. The number of halogens is 1. The van der Waals surface area contributed by atoms with E-state index in [1.165, 1.54) is 6.33 Å². The lowest BCUT2D eigenvalue weighted by molar-refractivity contribution is 0.289. The van der Waals surface area contributed by atoms with Crippen LogP contribution in [0.5, 0.6) is 5.75 Å². The van der Waals surface area contributed by atoms with Crippen molar-refractivity contribution in [3.05, 3.63) is 34.8 Å². The first kappa shape index (κ1) is 11.9. The maximum atomic E-state index is 5.83. The lowest BCUT2D eigenvalue weighted by Gasteiger charge is -2.09. The fraction of sp³-hybridized carbons (Fsp3) is 0.273. The maximum Gasteiger partial charge on any atom is 0.164 e. The Balaban J connectivity index is 2.07. The molecular weight excluding hydrogens is 284 g/mol. The highest BCUT2D eigenvalue weighted by atomic mass is 79.9. The zero-order chi connectivity index (χ0) is 12.3. The number of hydrogen-bond donors (Lipinski definition) is 1. The Morgan fingerprint density at radius 2 is 2.29 bits per heavy atom. The number of aromatic nitrogens is 3. The van der Waals surface area contributed by atoms with Crippen LogP contribution in [0.3, 0.4) is 0 Å². The first-order valence-corrected chi connectivity index (χ1v) is 6.04. The number of nitrogens with two attached hydrogens (primary N) is 1. The molecule has 0 fully saturated rings. The van der Waals surface area contributed by atoms with Crippen molar-refractivity contribution in [2.75, 3.05) is 5.73 Å². The lowest BCUT2D eigenvalue weighted by Crippen LogP contribution is -2.07. The van der Waals surface area contributed by atoms with E-state index >= 15 is 0 Å². The van der Waals surface area contributed by atoms with Gasteiger partial charge in [-0.1, -0.05) is 15.9 Å². The van der Waals surface area contributed by atoms with Crippen molar-refractivity contribution in [1.29, 1.82) is 0 Å². The summed E-state index contributed by atoms with van der Waals surface area (Å²) in [6.45, 7) is 3.14. The van der Waals surface area contributed by atoms with Crippen LogP contribution in [-0.2, 0) is 13.2 Å². The van der Waals surface area contributed by atoms with E-state index in [2.05, 4.69) is 26.0 Å². The van der Waals surface area contributed by atoms with Gasteiger partial charge in [0.2, 0.25) is 0 Å². The van der Waals surface area contributed by atoms with Gasteiger partial charge < -0.3 is 10.5 Å². The molecule has 0 aliphatic carbocycles. The number of hydrogen-bond acceptors (Lipinski definition) is 4. The molecule has 17 heavy (non-hydrogen) atoms. The largest absolute Gasteiger partial charge is 0.483 e. The summed E-state index contributed by atoms with van der Waals surface area (Å²) in [4.78, 5) is 4.13. The number of aryl methyl sites for hydroxylation is 1. The predicted molar refractivity (Wildman–Crippen MR) is 68.6 cm³/mol. The van der Waals surface area contributed by atoms with E-state index in [0.717, 1.165) is 16.8 Å². The number of anilines is 1. The van der Waals surface area contributed by atoms with Crippen molar-refractivity contribution in [2.45, 2.75) is 20.1 Å². The third kappa shape index (κ3) is 2.76. The third-order valence-corrected chi connectivity index (χ3v) is 2.82. The van der Waals surface area contributed by atoms with E-state index in [9.17, 15) is 0 Å². The number of nitrogens with zero attached hydrogens (tertiary/aromatic N) is 3. The van der Waals surface area contributed by atoms with E-state index in [1.807, 2.05) is 19.1 Å². The molecule has 0 bridgehead atoms. The molecule has 0 saturated heterocycles. The molecule has 2 N–H and O–H groups in total. The standard InChI is InChI=1S/C11H13BrN4O/c1-2-16-11(14-7-15-16)6-17-10-4-3-8(12)5-9(10)13/h3-5,7H,2,6,13H2,1H3. The molecule has 1 aromatic heterocycles. The topological polar surface area (TPSA) is 66.0 Å². The molecule has 2 aromatic rings. The van der Waals surface area contributed by atoms with E-state index in [0.29, 0.717) is 18.0 Å². The van der Waals surface area contributed by atoms with Gasteiger partial charge in [0.15, 0.2) is 5.82 Å². The first-order valence-electron chi connectivity index (χ1n) is 5.25. The van der Waals surface area contributed by atoms with Crippen molar-refractivity contribution >= 4 is 21.6 Å². The molecule has 0 unspecified atom stereocenters. The Kier molecular flexibility index (Phi) is 3.63. The summed E-state index contributed by atoms with van der Waals surface area (Å²) in [5.41, 5.74) is 6.43. The maximum absolute atomic E-state index is 5.83. The lowest BCUT2D eigenvalue weighted by atomic mass is 10.3. The quantitative estimate of drug-likeness (QED) is 0.879. The average Bonchev–Trinajstić information content (AvgIpc) is 2.75. The van der Waals surface area contributed by atoms with Crippen molar-refractivity contribution in [2.24, 2.45) is 0 Å². The van der Waals surface area contributed by atoms with E-state index < -0.39 is 0 Å². The van der Waals surface area contributed by atoms with Gasteiger partial charge in [-0.25, -0.2) is 9.67 Å². The molecule has 5 nitrogen and oxygen atoms in total. The predicted octanol–water partition coefficient (Wildman–Crippen LogP) is 2.22. The minimum atomic E-state index is 0.361. The minimum absolute atomic E-state index is 0.361. The summed E-state index contributed by atoms with van der Waals surface area (Å²) in [5.74, 6) is 1.44. The van der Waals surface area contributed by atoms with Crippen LogP contribution in [0.15, 0.2) is 29.0 Å². The summed E-state index contributed by atoms with van der Waals surface area (Å²) in [6.07, 6.45) is 1.52. The number of rotatable bonds is 4. The molecule has 0 amide bonds. The fourth-order valence-electron chi connectivity index (χ4n) is 1.46. The van der Waals surface area contributed by atoms with E-state index in [4.69, 9.17) is 10.5 Å². The highest BCUT2D eigenvalue weighted by molar-refractivity contribution is 9.10. The van der Waals surface area contributed by atoms with Crippen molar-refractivity contribution in [1.82, 2.24) is 14.8 Å². The molecule has 1 aromatic carbocycles. The van der Waals surface area contributed by atoms with Gasteiger partial charge in [0.25, 0.3) is 0 Å². The van der Waals surface area contributed by atoms with Crippen LogP contribution >= 0.6 is 15.9 Å². The number of nitrogen functional groups attached to an aromatic ring is 1. The summed E-state index contributed by atoms with van der Waals surface area (Å²) in [7, 11) is 0. The second-order valence-corrected chi connectivity index (χ2v) is 4.38. The van der Waals surface area contributed by atoms with Crippen LogP contribution in [0.25, 0.3) is 0 Å². The molecule has 0 aliphatic rings. The van der Waals surface area contributed by atoms with Crippen LogP contribution in [0.4, 0.5) is 5.69 Å². The monoisotopic (exact) mass is 296 g/mol. The van der Waals surface area contributed by atoms with E-state index in [1.54, 1.807) is 10.7 Å². The molecule has 90 valence electrons. The van der Waals surface area contributed by atoms with Crippen LogP contribution in [0.2, 0.25) is 0 Å².